The number of thiocarbonyl (C=S) groups is 1. The van der Waals surface area contributed by atoms with Crippen LogP contribution in [0.1, 0.15) is 22.7 Å². The average Bonchev–Trinajstić information content (AvgIpc) is 2.40. The van der Waals surface area contributed by atoms with E-state index in [0.717, 1.165) is 17.8 Å². The highest BCUT2D eigenvalue weighted by molar-refractivity contribution is 7.80. The molecule has 21 heavy (non-hydrogen) atoms. The van der Waals surface area contributed by atoms with Crippen LogP contribution in [0.15, 0.2) is 42.6 Å². The summed E-state index contributed by atoms with van der Waals surface area (Å²) in [5.41, 5.74) is 5.73. The molecule has 2 N–H and O–H groups in total. The van der Waals surface area contributed by atoms with Gasteiger partial charge in [-0.3, -0.25) is 4.98 Å². The largest absolute Gasteiger partial charge is 0.417 e. The predicted molar refractivity (Wildman–Crippen MR) is 79.3 cm³/mol. The van der Waals surface area contributed by atoms with Crippen molar-refractivity contribution in [3.8, 4) is 0 Å². The van der Waals surface area contributed by atoms with Crippen molar-refractivity contribution >= 4 is 28.8 Å². The predicted octanol–water partition coefficient (Wildman–Crippen LogP) is 4.17. The van der Waals surface area contributed by atoms with E-state index in [1.165, 1.54) is 0 Å². The van der Waals surface area contributed by atoms with E-state index < -0.39 is 17.7 Å². The molecule has 0 bridgehead atoms. The molecule has 2 nitrogen and oxygen atoms in total. The topological polar surface area (TPSA) is 38.9 Å². The summed E-state index contributed by atoms with van der Waals surface area (Å²) in [6.07, 6.45) is -3.77. The third-order valence-corrected chi connectivity index (χ3v) is 3.43. The van der Waals surface area contributed by atoms with Gasteiger partial charge >= 0.3 is 6.18 Å². The second-order valence-corrected chi connectivity index (χ2v) is 5.21. The summed E-state index contributed by atoms with van der Waals surface area (Å²) in [5.74, 6) is -0.629. The highest BCUT2D eigenvalue weighted by Crippen LogP contribution is 2.34. The van der Waals surface area contributed by atoms with Crippen LogP contribution in [0.2, 0.25) is 5.02 Å². The van der Waals surface area contributed by atoms with E-state index in [1.807, 2.05) is 6.07 Å². The molecule has 0 saturated carbocycles. The molecular weight excluding hydrogens is 321 g/mol. The van der Waals surface area contributed by atoms with E-state index in [-0.39, 0.29) is 15.7 Å². The molecule has 0 saturated heterocycles. The second-order valence-electron chi connectivity index (χ2n) is 4.33. The Labute approximate surface area is 129 Å². The maximum absolute atomic E-state index is 12.6. The minimum atomic E-state index is -4.50. The van der Waals surface area contributed by atoms with Gasteiger partial charge in [-0.25, -0.2) is 0 Å². The molecule has 0 fully saturated rings. The van der Waals surface area contributed by atoms with Crippen LogP contribution in [-0.2, 0) is 6.18 Å². The first kappa shape index (κ1) is 15.7. The third kappa shape index (κ3) is 3.51. The molecular formula is C14H10ClF3N2S. The van der Waals surface area contributed by atoms with Gasteiger partial charge in [0.2, 0.25) is 0 Å². The van der Waals surface area contributed by atoms with Crippen LogP contribution >= 0.6 is 23.8 Å². The highest BCUT2D eigenvalue weighted by atomic mass is 35.5. The molecule has 0 aliphatic carbocycles. The SMILES string of the molecule is NC(=S)[C@H](c1ccccc1)c1ncc(C(F)(F)F)cc1Cl. The number of hydrogen-bond acceptors (Lipinski definition) is 2. The van der Waals surface area contributed by atoms with Crippen LogP contribution in [0.5, 0.6) is 0 Å². The zero-order valence-electron chi connectivity index (χ0n) is 10.6. The Kier molecular flexibility index (Phi) is 4.49. The summed E-state index contributed by atoms with van der Waals surface area (Å²) in [4.78, 5) is 3.92. The molecule has 0 radical (unpaired) electrons. The molecule has 0 aliphatic rings. The van der Waals surface area contributed by atoms with E-state index >= 15 is 0 Å². The van der Waals surface area contributed by atoms with Crippen LogP contribution in [-0.4, -0.2) is 9.97 Å². The summed E-state index contributed by atoms with van der Waals surface area (Å²) in [5, 5.41) is -0.119. The molecule has 0 aliphatic heterocycles. The number of benzene rings is 1. The fourth-order valence-electron chi connectivity index (χ4n) is 1.92. The Balaban J connectivity index is 2.50. The normalized spacial score (nSPS) is 13.0. The summed E-state index contributed by atoms with van der Waals surface area (Å²) in [6.45, 7) is 0. The quantitative estimate of drug-likeness (QED) is 0.858. The van der Waals surface area contributed by atoms with Gasteiger partial charge in [-0.15, -0.1) is 0 Å². The minimum Gasteiger partial charge on any atom is -0.392 e. The highest BCUT2D eigenvalue weighted by Gasteiger charge is 2.32. The van der Waals surface area contributed by atoms with Gasteiger partial charge in [0.25, 0.3) is 0 Å². The Morgan fingerprint density at radius 3 is 2.33 bits per heavy atom. The minimum absolute atomic E-state index is 0.0929. The van der Waals surface area contributed by atoms with Gasteiger partial charge < -0.3 is 5.73 Å². The van der Waals surface area contributed by atoms with Crippen molar-refractivity contribution < 1.29 is 13.2 Å². The Bertz CT molecular complexity index is 659. The van der Waals surface area contributed by atoms with Crippen LogP contribution in [0.4, 0.5) is 13.2 Å². The van der Waals surface area contributed by atoms with E-state index in [9.17, 15) is 13.2 Å². The fourth-order valence-corrected chi connectivity index (χ4v) is 2.44. The smallest absolute Gasteiger partial charge is 0.392 e. The van der Waals surface area contributed by atoms with E-state index in [0.29, 0.717) is 0 Å². The number of nitrogens with zero attached hydrogens (tertiary/aromatic N) is 1. The Hall–Kier alpha value is -1.66. The van der Waals surface area contributed by atoms with Crippen molar-refractivity contribution in [1.29, 1.82) is 0 Å². The number of halogens is 4. The van der Waals surface area contributed by atoms with Gasteiger partial charge in [-0.05, 0) is 11.6 Å². The van der Waals surface area contributed by atoms with Crippen molar-refractivity contribution in [2.24, 2.45) is 5.73 Å². The molecule has 1 atom stereocenters. The molecule has 2 rings (SSSR count). The molecule has 0 spiro atoms. The van der Waals surface area contributed by atoms with E-state index in [2.05, 4.69) is 4.98 Å². The van der Waals surface area contributed by atoms with Gasteiger partial charge in [0, 0.05) is 6.20 Å². The van der Waals surface area contributed by atoms with Crippen LogP contribution in [0, 0.1) is 0 Å². The molecule has 1 aromatic heterocycles. The molecule has 1 aromatic carbocycles. The third-order valence-electron chi connectivity index (χ3n) is 2.89. The zero-order valence-corrected chi connectivity index (χ0v) is 12.1. The molecule has 7 heteroatoms. The Morgan fingerprint density at radius 1 is 1.24 bits per heavy atom. The number of rotatable bonds is 3. The lowest BCUT2D eigenvalue weighted by atomic mass is 9.95. The molecule has 110 valence electrons. The Morgan fingerprint density at radius 2 is 1.86 bits per heavy atom. The first-order valence-corrected chi connectivity index (χ1v) is 6.66. The summed E-state index contributed by atoms with van der Waals surface area (Å²) < 4.78 is 37.9. The van der Waals surface area contributed by atoms with Crippen molar-refractivity contribution in [3.05, 3.63) is 64.4 Å². The zero-order chi connectivity index (χ0) is 15.6. The number of aromatic nitrogens is 1. The molecule has 2 aromatic rings. The summed E-state index contributed by atoms with van der Waals surface area (Å²) in [7, 11) is 0. The number of alkyl halides is 3. The van der Waals surface area contributed by atoms with Crippen LogP contribution < -0.4 is 5.73 Å². The fraction of sp³-hybridized carbons (Fsp3) is 0.143. The first-order chi connectivity index (χ1) is 9.80. The first-order valence-electron chi connectivity index (χ1n) is 5.87. The average molecular weight is 331 g/mol. The van der Waals surface area contributed by atoms with Gasteiger partial charge in [-0.1, -0.05) is 54.2 Å². The van der Waals surface area contributed by atoms with Crippen molar-refractivity contribution in [1.82, 2.24) is 4.98 Å². The number of nitrogens with two attached hydrogens (primary N) is 1. The molecule has 0 unspecified atom stereocenters. The molecule has 1 heterocycles. The monoisotopic (exact) mass is 330 g/mol. The van der Waals surface area contributed by atoms with Gasteiger partial charge in [0.05, 0.1) is 27.2 Å². The number of hydrogen-bond donors (Lipinski definition) is 1. The lowest BCUT2D eigenvalue weighted by Gasteiger charge is -2.18. The van der Waals surface area contributed by atoms with E-state index in [4.69, 9.17) is 29.6 Å². The van der Waals surface area contributed by atoms with Gasteiger partial charge in [0.15, 0.2) is 0 Å². The summed E-state index contributed by atoms with van der Waals surface area (Å²) in [6, 6.07) is 9.72. The van der Waals surface area contributed by atoms with Gasteiger partial charge in [0.1, 0.15) is 0 Å². The summed E-state index contributed by atoms with van der Waals surface area (Å²) >= 11 is 11.0. The van der Waals surface area contributed by atoms with Crippen molar-refractivity contribution in [3.63, 3.8) is 0 Å². The van der Waals surface area contributed by atoms with Crippen molar-refractivity contribution in [2.45, 2.75) is 12.1 Å². The standard InChI is InChI=1S/C14H10ClF3N2S/c15-10-6-9(14(16,17)18)7-20-12(10)11(13(19)21)8-4-2-1-3-5-8/h1-7,11H,(H2,19,21)/t11-/m1/s1. The maximum Gasteiger partial charge on any atom is 0.417 e. The van der Waals surface area contributed by atoms with Crippen LogP contribution in [0.25, 0.3) is 0 Å². The van der Waals surface area contributed by atoms with E-state index in [1.54, 1.807) is 24.3 Å². The van der Waals surface area contributed by atoms with Gasteiger partial charge in [-0.2, -0.15) is 13.2 Å². The molecule has 0 amide bonds. The second kappa shape index (κ2) is 5.99. The van der Waals surface area contributed by atoms with Crippen LogP contribution in [0.3, 0.4) is 0 Å². The lowest BCUT2D eigenvalue weighted by molar-refractivity contribution is -0.137. The lowest BCUT2D eigenvalue weighted by Crippen LogP contribution is -2.22. The maximum atomic E-state index is 12.6. The number of pyridine rings is 1. The van der Waals surface area contributed by atoms with Crippen molar-refractivity contribution in [2.75, 3.05) is 0 Å².